The number of rotatable bonds is 6. The maximum Gasteiger partial charge on any atom is 0.153 e. The molecule has 16 heavy (non-hydrogen) atoms. The van der Waals surface area contributed by atoms with Gasteiger partial charge in [-0.15, -0.1) is 11.3 Å². The molecule has 0 atom stereocenters. The number of sulfone groups is 1. The van der Waals surface area contributed by atoms with Crippen LogP contribution in [-0.4, -0.2) is 26.0 Å². The summed E-state index contributed by atoms with van der Waals surface area (Å²) in [5, 5.41) is 2.80. The molecule has 0 aliphatic rings. The van der Waals surface area contributed by atoms with Crippen molar-refractivity contribution in [2.45, 2.75) is 25.6 Å². The van der Waals surface area contributed by atoms with Gasteiger partial charge in [0.15, 0.2) is 9.84 Å². The second-order valence-corrected chi connectivity index (χ2v) is 8.27. The van der Waals surface area contributed by atoms with E-state index in [0.717, 1.165) is 9.21 Å². The van der Waals surface area contributed by atoms with Gasteiger partial charge in [0, 0.05) is 18.0 Å². The van der Waals surface area contributed by atoms with E-state index in [2.05, 4.69) is 5.32 Å². The van der Waals surface area contributed by atoms with Gasteiger partial charge >= 0.3 is 0 Å². The first kappa shape index (κ1) is 14.0. The van der Waals surface area contributed by atoms with Crippen molar-refractivity contribution in [3.8, 4) is 0 Å². The molecule has 0 saturated heterocycles. The molecule has 0 fully saturated rings. The average molecular weight is 282 g/mol. The summed E-state index contributed by atoms with van der Waals surface area (Å²) in [6.07, 6.45) is 0. The molecule has 0 saturated carbocycles. The van der Waals surface area contributed by atoms with Crippen molar-refractivity contribution in [2.75, 3.05) is 12.3 Å². The van der Waals surface area contributed by atoms with Gasteiger partial charge in [0.1, 0.15) is 0 Å². The third-order valence-electron chi connectivity index (χ3n) is 2.21. The van der Waals surface area contributed by atoms with Gasteiger partial charge in [0.05, 0.1) is 15.3 Å². The monoisotopic (exact) mass is 281 g/mol. The largest absolute Gasteiger partial charge is 0.311 e. The van der Waals surface area contributed by atoms with Gasteiger partial charge in [0.25, 0.3) is 0 Å². The van der Waals surface area contributed by atoms with Gasteiger partial charge in [-0.05, 0) is 26.0 Å². The van der Waals surface area contributed by atoms with E-state index in [-0.39, 0.29) is 11.0 Å². The van der Waals surface area contributed by atoms with Crippen molar-refractivity contribution in [2.24, 2.45) is 0 Å². The van der Waals surface area contributed by atoms with Gasteiger partial charge < -0.3 is 5.32 Å². The lowest BCUT2D eigenvalue weighted by Gasteiger charge is -2.07. The van der Waals surface area contributed by atoms with E-state index in [4.69, 9.17) is 11.6 Å². The fraction of sp³-hybridized carbons (Fsp3) is 0.600. The molecule has 0 aliphatic carbocycles. The smallest absolute Gasteiger partial charge is 0.153 e. The first-order valence-corrected chi connectivity index (χ1v) is 7.99. The van der Waals surface area contributed by atoms with E-state index < -0.39 is 9.84 Å². The zero-order valence-corrected chi connectivity index (χ0v) is 11.8. The Morgan fingerprint density at radius 2 is 2.12 bits per heavy atom. The Bertz CT molecular complexity index is 426. The van der Waals surface area contributed by atoms with Gasteiger partial charge in [-0.3, -0.25) is 0 Å². The average Bonchev–Trinajstić information content (AvgIpc) is 2.59. The molecule has 6 heteroatoms. The predicted molar refractivity (Wildman–Crippen MR) is 70.0 cm³/mol. The van der Waals surface area contributed by atoms with Crippen LogP contribution in [-0.2, 0) is 16.4 Å². The van der Waals surface area contributed by atoms with E-state index in [1.807, 2.05) is 12.1 Å². The van der Waals surface area contributed by atoms with Crippen LogP contribution in [0.4, 0.5) is 0 Å². The predicted octanol–water partition coefficient (Wildman–Crippen LogP) is 2.31. The van der Waals surface area contributed by atoms with Crippen molar-refractivity contribution in [3.63, 3.8) is 0 Å². The number of thiophene rings is 1. The first-order chi connectivity index (χ1) is 7.42. The molecular weight excluding hydrogens is 266 g/mol. The van der Waals surface area contributed by atoms with Crippen molar-refractivity contribution in [1.29, 1.82) is 0 Å². The standard InChI is InChI=1S/C10H16ClNO2S2/c1-8(2)16(13,14)6-5-12-7-9-3-4-10(11)15-9/h3-4,8,12H,5-7H2,1-2H3. The summed E-state index contributed by atoms with van der Waals surface area (Å²) < 4.78 is 23.7. The Kier molecular flexibility index (Phi) is 5.24. The zero-order valence-electron chi connectivity index (χ0n) is 9.36. The van der Waals surface area contributed by atoms with Crippen LogP contribution in [0.5, 0.6) is 0 Å². The van der Waals surface area contributed by atoms with Crippen molar-refractivity contribution < 1.29 is 8.42 Å². The van der Waals surface area contributed by atoms with Gasteiger partial charge in [-0.1, -0.05) is 11.6 Å². The van der Waals surface area contributed by atoms with Crippen molar-refractivity contribution >= 4 is 32.8 Å². The van der Waals surface area contributed by atoms with Crippen molar-refractivity contribution in [3.05, 3.63) is 21.3 Å². The second kappa shape index (κ2) is 6.00. The molecular formula is C10H16ClNO2S2. The lowest BCUT2D eigenvalue weighted by atomic mass is 10.4. The molecule has 1 rings (SSSR count). The maximum atomic E-state index is 11.5. The van der Waals surface area contributed by atoms with Gasteiger partial charge in [0.2, 0.25) is 0 Å². The molecule has 1 aromatic rings. The van der Waals surface area contributed by atoms with Crippen LogP contribution in [0, 0.1) is 0 Å². The highest BCUT2D eigenvalue weighted by Crippen LogP contribution is 2.20. The van der Waals surface area contributed by atoms with E-state index in [0.29, 0.717) is 13.1 Å². The maximum absolute atomic E-state index is 11.5. The Labute approximate surface area is 106 Å². The van der Waals surface area contributed by atoms with Crippen LogP contribution in [0.3, 0.4) is 0 Å². The Morgan fingerprint density at radius 3 is 2.62 bits per heavy atom. The quantitative estimate of drug-likeness (QED) is 0.814. The minimum absolute atomic E-state index is 0.184. The molecule has 0 spiro atoms. The molecule has 0 bridgehead atoms. The van der Waals surface area contributed by atoms with Crippen molar-refractivity contribution in [1.82, 2.24) is 5.32 Å². The molecule has 0 aliphatic heterocycles. The van der Waals surface area contributed by atoms with E-state index in [1.165, 1.54) is 11.3 Å². The lowest BCUT2D eigenvalue weighted by Crippen LogP contribution is -2.26. The molecule has 1 aromatic heterocycles. The lowest BCUT2D eigenvalue weighted by molar-refractivity contribution is 0.582. The van der Waals surface area contributed by atoms with Crippen LogP contribution < -0.4 is 5.32 Å². The molecule has 1 heterocycles. The van der Waals surface area contributed by atoms with Crippen LogP contribution in [0.25, 0.3) is 0 Å². The molecule has 3 nitrogen and oxygen atoms in total. The van der Waals surface area contributed by atoms with Gasteiger partial charge in [-0.25, -0.2) is 8.42 Å². The molecule has 0 unspecified atom stereocenters. The Hall–Kier alpha value is -0.100. The Balaban J connectivity index is 2.27. The summed E-state index contributed by atoms with van der Waals surface area (Å²) in [6.45, 7) is 4.56. The van der Waals surface area contributed by atoms with E-state index >= 15 is 0 Å². The number of hydrogen-bond acceptors (Lipinski definition) is 4. The highest BCUT2D eigenvalue weighted by molar-refractivity contribution is 7.92. The van der Waals surface area contributed by atoms with E-state index in [1.54, 1.807) is 13.8 Å². The Morgan fingerprint density at radius 1 is 1.44 bits per heavy atom. The molecule has 0 amide bonds. The first-order valence-electron chi connectivity index (χ1n) is 5.08. The normalized spacial score (nSPS) is 12.2. The van der Waals surface area contributed by atoms with Crippen LogP contribution in [0.2, 0.25) is 4.34 Å². The summed E-state index contributed by atoms with van der Waals surface area (Å²) >= 11 is 7.29. The SMILES string of the molecule is CC(C)S(=O)(=O)CCNCc1ccc(Cl)s1. The molecule has 0 radical (unpaired) electrons. The van der Waals surface area contributed by atoms with Gasteiger partial charge in [-0.2, -0.15) is 0 Å². The fourth-order valence-corrected chi connectivity index (χ4v) is 3.07. The third-order valence-corrected chi connectivity index (χ3v) is 5.65. The van der Waals surface area contributed by atoms with E-state index in [9.17, 15) is 8.42 Å². The molecule has 1 N–H and O–H groups in total. The number of hydrogen-bond donors (Lipinski definition) is 1. The number of halogens is 1. The topological polar surface area (TPSA) is 46.2 Å². The zero-order chi connectivity index (χ0) is 12.2. The number of nitrogens with one attached hydrogen (secondary N) is 1. The summed E-state index contributed by atoms with van der Waals surface area (Å²) in [4.78, 5) is 1.12. The minimum atomic E-state index is -2.93. The molecule has 92 valence electrons. The fourth-order valence-electron chi connectivity index (χ4n) is 1.11. The summed E-state index contributed by atoms with van der Waals surface area (Å²) in [7, 11) is -2.93. The summed E-state index contributed by atoms with van der Waals surface area (Å²) in [6, 6.07) is 3.78. The highest BCUT2D eigenvalue weighted by atomic mass is 35.5. The highest BCUT2D eigenvalue weighted by Gasteiger charge is 2.14. The minimum Gasteiger partial charge on any atom is -0.311 e. The molecule has 0 aromatic carbocycles. The van der Waals surface area contributed by atoms with Crippen LogP contribution in [0.15, 0.2) is 12.1 Å². The van der Waals surface area contributed by atoms with Crippen LogP contribution >= 0.6 is 22.9 Å². The summed E-state index contributed by atoms with van der Waals surface area (Å²) in [5.41, 5.74) is 0. The van der Waals surface area contributed by atoms with Crippen LogP contribution in [0.1, 0.15) is 18.7 Å². The third kappa shape index (κ3) is 4.41. The second-order valence-electron chi connectivity index (χ2n) is 3.80. The summed E-state index contributed by atoms with van der Waals surface area (Å²) in [5.74, 6) is 0.184.